The van der Waals surface area contributed by atoms with Gasteiger partial charge in [-0.15, -0.1) is 0 Å². The van der Waals surface area contributed by atoms with Gasteiger partial charge < -0.3 is 5.32 Å². The van der Waals surface area contributed by atoms with Gasteiger partial charge in [0.1, 0.15) is 0 Å². The lowest BCUT2D eigenvalue weighted by atomic mass is 10.1. The highest BCUT2D eigenvalue weighted by Crippen LogP contribution is 2.20. The van der Waals surface area contributed by atoms with Gasteiger partial charge >= 0.3 is 0 Å². The van der Waals surface area contributed by atoms with Crippen LogP contribution in [0, 0.1) is 6.92 Å². The number of halogens is 1. The van der Waals surface area contributed by atoms with Gasteiger partial charge in [-0.25, -0.2) is 0 Å². The van der Waals surface area contributed by atoms with Crippen molar-refractivity contribution in [3.63, 3.8) is 0 Å². The Morgan fingerprint density at radius 2 is 2.31 bits per heavy atom. The summed E-state index contributed by atoms with van der Waals surface area (Å²) in [6.07, 6.45) is 1.24. The fraction of sp³-hybridized carbons (Fsp3) is 0.538. The van der Waals surface area contributed by atoms with Gasteiger partial charge in [0.15, 0.2) is 0 Å². The maximum atomic E-state index is 6.24. The molecule has 16 heavy (non-hydrogen) atoms. The summed E-state index contributed by atoms with van der Waals surface area (Å²) < 4.78 is 0. The number of nitrogens with zero attached hydrogens (tertiary/aromatic N) is 1. The third-order valence-corrected chi connectivity index (χ3v) is 3.64. The molecule has 1 fully saturated rings. The third kappa shape index (κ3) is 2.76. The van der Waals surface area contributed by atoms with Gasteiger partial charge in [-0.1, -0.05) is 23.7 Å². The minimum atomic E-state index is 0.650. The number of rotatable bonds is 3. The molecular formula is C13H19ClN2. The zero-order valence-electron chi connectivity index (χ0n) is 9.96. The van der Waals surface area contributed by atoms with E-state index < -0.39 is 0 Å². The Morgan fingerprint density at radius 3 is 2.94 bits per heavy atom. The van der Waals surface area contributed by atoms with Crippen LogP contribution in [0.2, 0.25) is 5.02 Å². The molecular weight excluding hydrogens is 220 g/mol. The summed E-state index contributed by atoms with van der Waals surface area (Å²) >= 11 is 6.24. The number of hydrogen-bond donors (Lipinski definition) is 1. The molecule has 88 valence electrons. The number of benzene rings is 1. The summed E-state index contributed by atoms with van der Waals surface area (Å²) in [4.78, 5) is 2.39. The molecule has 0 aromatic heterocycles. The maximum absolute atomic E-state index is 6.24. The van der Waals surface area contributed by atoms with Crippen LogP contribution in [0.5, 0.6) is 0 Å². The third-order valence-electron chi connectivity index (χ3n) is 3.29. The quantitative estimate of drug-likeness (QED) is 0.870. The van der Waals surface area contributed by atoms with Crippen molar-refractivity contribution in [1.29, 1.82) is 0 Å². The first-order valence-corrected chi connectivity index (χ1v) is 6.20. The van der Waals surface area contributed by atoms with Crippen LogP contribution in [0.4, 0.5) is 0 Å². The molecule has 1 aliphatic rings. The van der Waals surface area contributed by atoms with Gasteiger partial charge in [0.05, 0.1) is 0 Å². The summed E-state index contributed by atoms with van der Waals surface area (Å²) in [5, 5.41) is 4.27. The predicted molar refractivity (Wildman–Crippen MR) is 68.9 cm³/mol. The van der Waals surface area contributed by atoms with E-state index >= 15 is 0 Å². The van der Waals surface area contributed by atoms with Crippen LogP contribution < -0.4 is 5.32 Å². The first-order valence-electron chi connectivity index (χ1n) is 5.83. The molecule has 0 radical (unpaired) electrons. The van der Waals surface area contributed by atoms with Crippen molar-refractivity contribution in [2.75, 3.05) is 20.1 Å². The molecule has 1 saturated heterocycles. The highest BCUT2D eigenvalue weighted by Gasteiger charge is 2.19. The summed E-state index contributed by atoms with van der Waals surface area (Å²) in [7, 11) is 2.17. The molecule has 1 atom stereocenters. The average molecular weight is 239 g/mol. The second kappa shape index (κ2) is 5.17. The van der Waals surface area contributed by atoms with Gasteiger partial charge in [0.25, 0.3) is 0 Å². The van der Waals surface area contributed by atoms with Crippen molar-refractivity contribution < 1.29 is 0 Å². The highest BCUT2D eigenvalue weighted by atomic mass is 35.5. The summed E-state index contributed by atoms with van der Waals surface area (Å²) in [5.41, 5.74) is 2.45. The maximum Gasteiger partial charge on any atom is 0.0453 e. The van der Waals surface area contributed by atoms with Crippen molar-refractivity contribution in [2.45, 2.75) is 25.9 Å². The molecule has 1 aromatic rings. The zero-order valence-corrected chi connectivity index (χ0v) is 10.7. The van der Waals surface area contributed by atoms with Crippen molar-refractivity contribution in [3.05, 3.63) is 34.3 Å². The second-order valence-electron chi connectivity index (χ2n) is 4.66. The Morgan fingerprint density at radius 1 is 1.50 bits per heavy atom. The number of hydrogen-bond acceptors (Lipinski definition) is 2. The fourth-order valence-electron chi connectivity index (χ4n) is 2.19. The topological polar surface area (TPSA) is 15.3 Å². The van der Waals surface area contributed by atoms with E-state index in [0.29, 0.717) is 6.04 Å². The van der Waals surface area contributed by atoms with Crippen LogP contribution in [0.25, 0.3) is 0 Å². The van der Waals surface area contributed by atoms with Crippen molar-refractivity contribution in [3.8, 4) is 0 Å². The normalized spacial score (nSPS) is 20.6. The molecule has 1 aliphatic heterocycles. The summed E-state index contributed by atoms with van der Waals surface area (Å²) in [6, 6.07) is 6.95. The van der Waals surface area contributed by atoms with Crippen LogP contribution in [-0.2, 0) is 6.54 Å². The Balaban J connectivity index is 2.02. The Bertz CT molecular complexity index is 359. The lowest BCUT2D eigenvalue weighted by Gasteiger charge is -2.24. The molecule has 2 nitrogen and oxygen atoms in total. The molecule has 0 bridgehead atoms. The Kier molecular flexibility index (Phi) is 3.85. The van der Waals surface area contributed by atoms with Crippen LogP contribution in [0.3, 0.4) is 0 Å². The molecule has 1 aromatic carbocycles. The minimum Gasteiger partial charge on any atom is -0.315 e. The van der Waals surface area contributed by atoms with Crippen LogP contribution in [-0.4, -0.2) is 31.1 Å². The molecule has 3 heteroatoms. The molecule has 1 N–H and O–H groups in total. The molecule has 0 aliphatic carbocycles. The van der Waals surface area contributed by atoms with E-state index in [1.54, 1.807) is 0 Å². The standard InChI is InChI=1S/C13H19ClN2/c1-10-3-4-11(13(14)7-10)9-16(2)12-5-6-15-8-12/h3-4,7,12,15H,5-6,8-9H2,1-2H3. The molecule has 0 saturated carbocycles. The SMILES string of the molecule is Cc1ccc(CN(C)C2CCNC2)c(Cl)c1. The zero-order chi connectivity index (χ0) is 11.5. The van der Waals surface area contributed by atoms with Gasteiger partial charge in [0.2, 0.25) is 0 Å². The van der Waals surface area contributed by atoms with Gasteiger partial charge in [-0.05, 0) is 44.1 Å². The van der Waals surface area contributed by atoms with Gasteiger partial charge in [-0.2, -0.15) is 0 Å². The smallest absolute Gasteiger partial charge is 0.0453 e. The van der Waals surface area contributed by atoms with Gasteiger partial charge in [0, 0.05) is 24.2 Å². The van der Waals surface area contributed by atoms with E-state index in [1.165, 1.54) is 17.5 Å². The first kappa shape index (κ1) is 11.9. The van der Waals surface area contributed by atoms with E-state index in [4.69, 9.17) is 11.6 Å². The molecule has 0 spiro atoms. The Labute approximate surface area is 103 Å². The monoisotopic (exact) mass is 238 g/mol. The van der Waals surface area contributed by atoms with E-state index in [2.05, 4.69) is 36.3 Å². The average Bonchev–Trinajstić information content (AvgIpc) is 2.75. The second-order valence-corrected chi connectivity index (χ2v) is 5.06. The van der Waals surface area contributed by atoms with E-state index in [1.807, 2.05) is 6.07 Å². The first-order chi connectivity index (χ1) is 7.66. The fourth-order valence-corrected chi connectivity index (χ4v) is 2.49. The van der Waals surface area contributed by atoms with Crippen molar-refractivity contribution in [2.24, 2.45) is 0 Å². The van der Waals surface area contributed by atoms with E-state index in [-0.39, 0.29) is 0 Å². The molecule has 1 unspecified atom stereocenters. The predicted octanol–water partition coefficient (Wildman–Crippen LogP) is 2.44. The lowest BCUT2D eigenvalue weighted by Crippen LogP contribution is -2.32. The van der Waals surface area contributed by atoms with Crippen molar-refractivity contribution in [1.82, 2.24) is 10.2 Å². The molecule has 2 rings (SSSR count). The van der Waals surface area contributed by atoms with Crippen LogP contribution >= 0.6 is 11.6 Å². The minimum absolute atomic E-state index is 0.650. The highest BCUT2D eigenvalue weighted by molar-refractivity contribution is 6.31. The molecule has 1 heterocycles. The summed E-state index contributed by atoms with van der Waals surface area (Å²) in [5.74, 6) is 0. The largest absolute Gasteiger partial charge is 0.315 e. The van der Waals surface area contributed by atoms with E-state index in [9.17, 15) is 0 Å². The van der Waals surface area contributed by atoms with Gasteiger partial charge in [-0.3, -0.25) is 4.90 Å². The van der Waals surface area contributed by atoms with Crippen LogP contribution in [0.1, 0.15) is 17.5 Å². The lowest BCUT2D eigenvalue weighted by molar-refractivity contribution is 0.249. The molecule has 0 amide bonds. The van der Waals surface area contributed by atoms with Crippen LogP contribution in [0.15, 0.2) is 18.2 Å². The summed E-state index contributed by atoms with van der Waals surface area (Å²) in [6.45, 7) is 5.24. The number of aryl methyl sites for hydroxylation is 1. The Hall–Kier alpha value is -0.570. The van der Waals surface area contributed by atoms with E-state index in [0.717, 1.165) is 24.7 Å². The number of nitrogens with one attached hydrogen (secondary N) is 1. The van der Waals surface area contributed by atoms with Crippen molar-refractivity contribution >= 4 is 11.6 Å². The number of likely N-dealkylation sites (N-methyl/N-ethyl adjacent to an activating group) is 1.